The van der Waals surface area contributed by atoms with Crippen LogP contribution in [0.2, 0.25) is 0 Å². The largest absolute Gasteiger partial charge is 0.467 e. The average molecular weight is 259 g/mol. The summed E-state index contributed by atoms with van der Waals surface area (Å²) in [7, 11) is 1.17. The summed E-state index contributed by atoms with van der Waals surface area (Å²) < 4.78 is 14.4. The molecule has 0 N–H and O–H groups in total. The van der Waals surface area contributed by atoms with E-state index in [1.54, 1.807) is 20.8 Å². The zero-order valence-corrected chi connectivity index (χ0v) is 11.1. The van der Waals surface area contributed by atoms with Crippen molar-refractivity contribution < 1.29 is 28.6 Å². The van der Waals surface area contributed by atoms with Crippen molar-refractivity contribution in [3.05, 3.63) is 0 Å². The van der Waals surface area contributed by atoms with Gasteiger partial charge in [0.1, 0.15) is 11.7 Å². The SMILES string of the molecule is COC(=O)[C@@H]1[C@@H](C)OC(=O)N1C(=O)OC(C)(C)C. The number of imide groups is 1. The highest BCUT2D eigenvalue weighted by atomic mass is 16.6. The number of esters is 1. The summed E-state index contributed by atoms with van der Waals surface area (Å²) in [5.41, 5.74) is -0.774. The summed E-state index contributed by atoms with van der Waals surface area (Å²) in [6.45, 7) is 6.47. The molecule has 0 radical (unpaired) electrons. The monoisotopic (exact) mass is 259 g/mol. The molecule has 1 saturated heterocycles. The number of hydrogen-bond acceptors (Lipinski definition) is 6. The van der Waals surface area contributed by atoms with E-state index >= 15 is 0 Å². The van der Waals surface area contributed by atoms with Crippen LogP contribution in [0.1, 0.15) is 27.7 Å². The molecule has 0 aromatic carbocycles. The number of methoxy groups -OCH3 is 1. The van der Waals surface area contributed by atoms with Crippen molar-refractivity contribution in [1.82, 2.24) is 4.90 Å². The lowest BCUT2D eigenvalue weighted by atomic mass is 10.2. The Kier molecular flexibility index (Phi) is 3.83. The summed E-state index contributed by atoms with van der Waals surface area (Å²) in [5.74, 6) is -0.723. The molecule has 1 fully saturated rings. The number of rotatable bonds is 1. The molecule has 0 aliphatic carbocycles. The van der Waals surface area contributed by atoms with Gasteiger partial charge < -0.3 is 14.2 Å². The van der Waals surface area contributed by atoms with Crippen LogP contribution in [-0.4, -0.2) is 47.9 Å². The lowest BCUT2D eigenvalue weighted by Crippen LogP contribution is -2.48. The lowest BCUT2D eigenvalue weighted by molar-refractivity contribution is -0.146. The Morgan fingerprint density at radius 1 is 1.33 bits per heavy atom. The van der Waals surface area contributed by atoms with Crippen LogP contribution >= 0.6 is 0 Å². The molecule has 7 nitrogen and oxygen atoms in total. The van der Waals surface area contributed by atoms with Crippen LogP contribution in [0.25, 0.3) is 0 Å². The Balaban J connectivity index is 2.93. The highest BCUT2D eigenvalue weighted by molar-refractivity contribution is 5.96. The third kappa shape index (κ3) is 2.91. The number of ether oxygens (including phenoxy) is 3. The van der Waals surface area contributed by atoms with Crippen molar-refractivity contribution in [1.29, 1.82) is 0 Å². The second kappa shape index (κ2) is 4.83. The van der Waals surface area contributed by atoms with Gasteiger partial charge in [-0.1, -0.05) is 0 Å². The van der Waals surface area contributed by atoms with Gasteiger partial charge in [0.25, 0.3) is 0 Å². The van der Waals surface area contributed by atoms with Crippen molar-refractivity contribution in [2.24, 2.45) is 0 Å². The van der Waals surface area contributed by atoms with E-state index in [9.17, 15) is 14.4 Å². The maximum Gasteiger partial charge on any atom is 0.420 e. The van der Waals surface area contributed by atoms with Crippen LogP contribution in [0.3, 0.4) is 0 Å². The minimum atomic E-state index is -1.11. The van der Waals surface area contributed by atoms with E-state index in [0.29, 0.717) is 4.90 Å². The first-order valence-corrected chi connectivity index (χ1v) is 5.48. The van der Waals surface area contributed by atoms with Crippen molar-refractivity contribution in [3.63, 3.8) is 0 Å². The van der Waals surface area contributed by atoms with Crippen LogP contribution in [0, 0.1) is 0 Å². The third-order valence-corrected chi connectivity index (χ3v) is 2.24. The number of nitrogens with zero attached hydrogens (tertiary/aromatic N) is 1. The Hall–Kier alpha value is -1.79. The molecule has 0 spiro atoms. The summed E-state index contributed by atoms with van der Waals surface area (Å²) in [4.78, 5) is 35.6. The first-order valence-electron chi connectivity index (χ1n) is 5.48. The second-order valence-corrected chi connectivity index (χ2v) is 4.91. The first-order chi connectivity index (χ1) is 8.17. The van der Waals surface area contributed by atoms with E-state index in [1.807, 2.05) is 0 Å². The van der Waals surface area contributed by atoms with Gasteiger partial charge in [-0.25, -0.2) is 14.4 Å². The average Bonchev–Trinajstić information content (AvgIpc) is 2.49. The number of carbonyl (C=O) groups is 3. The van der Waals surface area contributed by atoms with E-state index in [0.717, 1.165) is 0 Å². The lowest BCUT2D eigenvalue weighted by Gasteiger charge is -2.24. The van der Waals surface area contributed by atoms with Crippen LogP contribution in [-0.2, 0) is 19.0 Å². The first kappa shape index (κ1) is 14.3. The summed E-state index contributed by atoms with van der Waals surface area (Å²) in [6, 6.07) is -1.11. The normalized spacial score (nSPS) is 23.6. The molecular weight excluding hydrogens is 242 g/mol. The number of cyclic esters (lactones) is 1. The quantitative estimate of drug-likeness (QED) is 0.521. The zero-order valence-electron chi connectivity index (χ0n) is 11.1. The van der Waals surface area contributed by atoms with E-state index < -0.39 is 35.9 Å². The molecule has 2 atom stereocenters. The molecule has 0 unspecified atom stereocenters. The number of amides is 2. The van der Waals surface area contributed by atoms with Gasteiger partial charge in [-0.05, 0) is 27.7 Å². The predicted molar refractivity (Wildman–Crippen MR) is 59.8 cm³/mol. The van der Waals surface area contributed by atoms with Crippen LogP contribution in [0.4, 0.5) is 9.59 Å². The predicted octanol–water partition coefficient (Wildman–Crippen LogP) is 1.30. The maximum atomic E-state index is 11.8. The molecule has 102 valence electrons. The van der Waals surface area contributed by atoms with Gasteiger partial charge in [-0.3, -0.25) is 0 Å². The van der Waals surface area contributed by atoms with Crippen molar-refractivity contribution >= 4 is 18.2 Å². The van der Waals surface area contributed by atoms with Crippen molar-refractivity contribution in [3.8, 4) is 0 Å². The van der Waals surface area contributed by atoms with E-state index in [1.165, 1.54) is 14.0 Å². The van der Waals surface area contributed by atoms with E-state index in [2.05, 4.69) is 4.74 Å². The minimum Gasteiger partial charge on any atom is -0.467 e. The van der Waals surface area contributed by atoms with E-state index in [-0.39, 0.29) is 0 Å². The van der Waals surface area contributed by atoms with Crippen molar-refractivity contribution in [2.45, 2.75) is 45.4 Å². The molecule has 0 saturated carbocycles. The van der Waals surface area contributed by atoms with Gasteiger partial charge in [0, 0.05) is 0 Å². The third-order valence-electron chi connectivity index (χ3n) is 2.24. The van der Waals surface area contributed by atoms with Gasteiger partial charge in [0.05, 0.1) is 7.11 Å². The summed E-state index contributed by atoms with van der Waals surface area (Å²) in [6.07, 6.45) is -2.60. The molecule has 2 amide bonds. The molecule has 1 aliphatic rings. The Morgan fingerprint density at radius 2 is 1.89 bits per heavy atom. The molecule has 1 heterocycles. The molecule has 0 aromatic rings. The Bertz CT molecular complexity index is 372. The maximum absolute atomic E-state index is 11.8. The molecule has 0 bridgehead atoms. The van der Waals surface area contributed by atoms with Gasteiger partial charge >= 0.3 is 18.2 Å². The Morgan fingerprint density at radius 3 is 2.33 bits per heavy atom. The van der Waals surface area contributed by atoms with E-state index in [4.69, 9.17) is 9.47 Å². The summed E-state index contributed by atoms with van der Waals surface area (Å²) >= 11 is 0. The molecule has 0 aromatic heterocycles. The van der Waals surface area contributed by atoms with Crippen LogP contribution in [0.5, 0.6) is 0 Å². The minimum absolute atomic E-state index is 0.641. The second-order valence-electron chi connectivity index (χ2n) is 4.91. The smallest absolute Gasteiger partial charge is 0.420 e. The van der Waals surface area contributed by atoms with Gasteiger partial charge in [-0.2, -0.15) is 4.90 Å². The topological polar surface area (TPSA) is 82.1 Å². The number of hydrogen-bond donors (Lipinski definition) is 0. The van der Waals surface area contributed by atoms with Gasteiger partial charge in [-0.15, -0.1) is 0 Å². The fourth-order valence-electron chi connectivity index (χ4n) is 1.52. The summed E-state index contributed by atoms with van der Waals surface area (Å²) in [5, 5.41) is 0. The standard InChI is InChI=1S/C11H17NO6/c1-6-7(8(13)16-5)12(9(14)17-6)10(15)18-11(2,3)4/h6-7H,1-5H3/t6-,7+/m1/s1. The molecular formula is C11H17NO6. The fraction of sp³-hybridized carbons (Fsp3) is 0.727. The van der Waals surface area contributed by atoms with Crippen LogP contribution in [0.15, 0.2) is 0 Å². The molecule has 1 rings (SSSR count). The van der Waals surface area contributed by atoms with Gasteiger partial charge in [0.2, 0.25) is 0 Å². The molecule has 18 heavy (non-hydrogen) atoms. The highest BCUT2D eigenvalue weighted by Gasteiger charge is 2.49. The molecule has 7 heteroatoms. The Labute approximate surface area is 105 Å². The molecule has 1 aliphatic heterocycles. The van der Waals surface area contributed by atoms with Gasteiger partial charge in [0.15, 0.2) is 6.04 Å². The highest BCUT2D eigenvalue weighted by Crippen LogP contribution is 2.23. The van der Waals surface area contributed by atoms with Crippen LogP contribution < -0.4 is 0 Å². The van der Waals surface area contributed by atoms with Crippen molar-refractivity contribution in [2.75, 3.05) is 7.11 Å². The number of carbonyl (C=O) groups excluding carboxylic acids is 3. The fourth-order valence-corrected chi connectivity index (χ4v) is 1.52. The zero-order chi connectivity index (χ0) is 14.1.